The number of unbranched alkanes of at least 4 members (excludes halogenated alkanes) is 1. The number of ether oxygens (including phenoxy) is 1. The molecule has 2 aromatic rings. The molecule has 2 rings (SSSR count). The maximum Gasteiger partial charge on any atom is 0.228 e. The van der Waals surface area contributed by atoms with Crippen LogP contribution in [0.3, 0.4) is 0 Å². The zero-order chi connectivity index (χ0) is 15.1. The molecule has 1 N–H and O–H groups in total. The summed E-state index contributed by atoms with van der Waals surface area (Å²) in [4.78, 5) is 17.4. The van der Waals surface area contributed by atoms with Gasteiger partial charge in [-0.05, 0) is 30.4 Å². The van der Waals surface area contributed by atoms with E-state index >= 15 is 0 Å². The Hall–Kier alpha value is -1.11. The Morgan fingerprint density at radius 2 is 2.33 bits per heavy atom. The molecule has 114 valence electrons. The smallest absolute Gasteiger partial charge is 0.228 e. The summed E-state index contributed by atoms with van der Waals surface area (Å²) in [6.45, 7) is 2.63. The molecule has 0 bridgehead atoms. The van der Waals surface area contributed by atoms with Crippen molar-refractivity contribution in [3.8, 4) is 0 Å². The third kappa shape index (κ3) is 4.98. The summed E-state index contributed by atoms with van der Waals surface area (Å²) in [7, 11) is 1.59. The second-order valence-corrected chi connectivity index (χ2v) is 6.84. The third-order valence-corrected chi connectivity index (χ3v) is 4.92. The van der Waals surface area contributed by atoms with Crippen LogP contribution in [0.25, 0.3) is 10.2 Å². The van der Waals surface area contributed by atoms with E-state index in [1.807, 2.05) is 17.8 Å². The number of nitrogens with one attached hydrogen (secondary N) is 1. The first-order valence-electron chi connectivity index (χ1n) is 7.05. The van der Waals surface area contributed by atoms with E-state index in [2.05, 4.69) is 29.4 Å². The first-order valence-corrected chi connectivity index (χ1v) is 8.85. The lowest BCUT2D eigenvalue weighted by Gasteiger charge is -1.99. The van der Waals surface area contributed by atoms with Gasteiger partial charge in [-0.2, -0.15) is 0 Å². The lowest BCUT2D eigenvalue weighted by molar-refractivity contribution is -0.117. The molecule has 0 fully saturated rings. The van der Waals surface area contributed by atoms with Crippen LogP contribution in [0.1, 0.15) is 26.2 Å². The van der Waals surface area contributed by atoms with Gasteiger partial charge in [0.05, 0.1) is 23.2 Å². The molecule has 0 radical (unpaired) electrons. The van der Waals surface area contributed by atoms with E-state index in [1.165, 1.54) is 29.1 Å². The van der Waals surface area contributed by atoms with Crippen molar-refractivity contribution < 1.29 is 9.53 Å². The average molecular weight is 324 g/mol. The summed E-state index contributed by atoms with van der Waals surface area (Å²) in [5.74, 6) is 1.08. The van der Waals surface area contributed by atoms with E-state index in [-0.39, 0.29) is 5.91 Å². The minimum atomic E-state index is -0.0616. The number of aromatic nitrogens is 1. The summed E-state index contributed by atoms with van der Waals surface area (Å²) in [5.41, 5.74) is 0.932. The van der Waals surface area contributed by atoms with Crippen molar-refractivity contribution in [2.75, 3.05) is 24.8 Å². The van der Waals surface area contributed by atoms with E-state index in [4.69, 9.17) is 4.74 Å². The molecule has 4 nitrogen and oxygen atoms in total. The molecule has 0 saturated carbocycles. The van der Waals surface area contributed by atoms with Crippen LogP contribution in [-0.4, -0.2) is 30.4 Å². The summed E-state index contributed by atoms with van der Waals surface area (Å²) in [5, 5.41) is 3.47. The van der Waals surface area contributed by atoms with Crippen LogP contribution in [0.5, 0.6) is 0 Å². The van der Waals surface area contributed by atoms with Crippen molar-refractivity contribution in [2.24, 2.45) is 0 Å². The highest BCUT2D eigenvalue weighted by molar-refractivity contribution is 7.99. The highest BCUT2D eigenvalue weighted by Crippen LogP contribution is 2.30. The number of hydrogen-bond acceptors (Lipinski definition) is 5. The van der Waals surface area contributed by atoms with Crippen LogP contribution >= 0.6 is 23.1 Å². The number of carbonyl (C=O) groups is 1. The van der Waals surface area contributed by atoms with Gasteiger partial charge in [0.1, 0.15) is 0 Å². The summed E-state index contributed by atoms with van der Waals surface area (Å²) < 4.78 is 6.00. The van der Waals surface area contributed by atoms with Crippen molar-refractivity contribution in [3.05, 3.63) is 18.2 Å². The molecule has 1 amide bonds. The first kappa shape index (κ1) is 16.3. The molecule has 0 aliphatic rings. The molecule has 1 aromatic heterocycles. The fourth-order valence-electron chi connectivity index (χ4n) is 1.76. The largest absolute Gasteiger partial charge is 0.384 e. The number of amides is 1. The predicted octanol–water partition coefficient (Wildman–Crippen LogP) is 4.16. The average Bonchev–Trinajstić information content (AvgIpc) is 2.86. The Balaban J connectivity index is 2.01. The maximum absolute atomic E-state index is 11.7. The van der Waals surface area contributed by atoms with Gasteiger partial charge in [-0.15, -0.1) is 11.8 Å². The van der Waals surface area contributed by atoms with Crippen molar-refractivity contribution in [2.45, 2.75) is 31.1 Å². The molecule has 0 spiro atoms. The maximum atomic E-state index is 11.7. The number of methoxy groups -OCH3 is 1. The summed E-state index contributed by atoms with van der Waals surface area (Å²) in [6.07, 6.45) is 2.80. The van der Waals surface area contributed by atoms with Gasteiger partial charge < -0.3 is 10.1 Å². The van der Waals surface area contributed by atoms with Gasteiger partial charge in [0.2, 0.25) is 5.91 Å². The van der Waals surface area contributed by atoms with Crippen molar-refractivity contribution in [1.82, 2.24) is 4.98 Å². The molecule has 6 heteroatoms. The van der Waals surface area contributed by atoms with E-state index < -0.39 is 0 Å². The zero-order valence-corrected chi connectivity index (χ0v) is 14.0. The number of thiazole rings is 1. The number of hydrogen-bond donors (Lipinski definition) is 1. The molecule has 1 heterocycles. The predicted molar refractivity (Wildman–Crippen MR) is 90.4 cm³/mol. The van der Waals surface area contributed by atoms with Crippen LogP contribution in [-0.2, 0) is 9.53 Å². The monoisotopic (exact) mass is 324 g/mol. The number of thioether (sulfide) groups is 1. The van der Waals surface area contributed by atoms with Crippen molar-refractivity contribution in [1.29, 1.82) is 0 Å². The normalized spacial score (nSPS) is 11.0. The van der Waals surface area contributed by atoms with Gasteiger partial charge in [-0.3, -0.25) is 4.79 Å². The summed E-state index contributed by atoms with van der Waals surface area (Å²) in [6, 6.07) is 6.27. The Kier molecular flexibility index (Phi) is 6.48. The van der Waals surface area contributed by atoms with Crippen LogP contribution < -0.4 is 5.32 Å². The van der Waals surface area contributed by atoms with Gasteiger partial charge in [0, 0.05) is 12.0 Å². The fourth-order valence-corrected chi connectivity index (χ4v) is 3.79. The molecule has 1 aromatic carbocycles. The highest BCUT2D eigenvalue weighted by Gasteiger charge is 2.08. The van der Waals surface area contributed by atoms with Crippen LogP contribution in [0.15, 0.2) is 23.1 Å². The van der Waals surface area contributed by atoms with E-state index in [9.17, 15) is 4.79 Å². The van der Waals surface area contributed by atoms with Gasteiger partial charge in [-0.1, -0.05) is 24.7 Å². The molecule has 0 aliphatic heterocycles. The standard InChI is InChI=1S/C15H20N2O2S2/c1-3-4-9-20-11-5-6-12-13(10-11)21-15(16-12)17-14(18)7-8-19-2/h5-6,10H,3-4,7-9H2,1-2H3,(H,16,17,18). The van der Waals surface area contributed by atoms with Gasteiger partial charge >= 0.3 is 0 Å². The topological polar surface area (TPSA) is 51.2 Å². The van der Waals surface area contributed by atoms with E-state index in [1.54, 1.807) is 7.11 Å². The highest BCUT2D eigenvalue weighted by atomic mass is 32.2. The molecule has 21 heavy (non-hydrogen) atoms. The third-order valence-electron chi connectivity index (χ3n) is 2.91. The Bertz CT molecular complexity index is 598. The van der Waals surface area contributed by atoms with Crippen LogP contribution in [0.2, 0.25) is 0 Å². The zero-order valence-electron chi connectivity index (χ0n) is 12.3. The fraction of sp³-hybridized carbons (Fsp3) is 0.467. The molecular formula is C15H20N2O2S2. The van der Waals surface area contributed by atoms with E-state index in [0.29, 0.717) is 18.2 Å². The Morgan fingerprint density at radius 3 is 3.10 bits per heavy atom. The molecule has 0 saturated heterocycles. The van der Waals surface area contributed by atoms with Crippen molar-refractivity contribution in [3.63, 3.8) is 0 Å². The van der Waals surface area contributed by atoms with Crippen molar-refractivity contribution >= 4 is 44.4 Å². The van der Waals surface area contributed by atoms with Crippen LogP contribution in [0, 0.1) is 0 Å². The van der Waals surface area contributed by atoms with E-state index in [0.717, 1.165) is 16.0 Å². The minimum absolute atomic E-state index is 0.0616. The number of rotatable bonds is 8. The minimum Gasteiger partial charge on any atom is -0.384 e. The lowest BCUT2D eigenvalue weighted by atomic mass is 10.3. The number of nitrogens with zero attached hydrogens (tertiary/aromatic N) is 1. The number of fused-ring (bicyclic) bond motifs is 1. The molecule has 0 atom stereocenters. The number of carbonyl (C=O) groups excluding carboxylic acids is 1. The number of benzene rings is 1. The Morgan fingerprint density at radius 1 is 1.48 bits per heavy atom. The number of anilines is 1. The van der Waals surface area contributed by atoms with Gasteiger partial charge in [-0.25, -0.2) is 4.98 Å². The summed E-state index contributed by atoms with van der Waals surface area (Å²) >= 11 is 3.38. The second-order valence-electron chi connectivity index (χ2n) is 4.64. The molecular weight excluding hydrogens is 304 g/mol. The van der Waals surface area contributed by atoms with Crippen LogP contribution in [0.4, 0.5) is 5.13 Å². The molecule has 0 aliphatic carbocycles. The SMILES string of the molecule is CCCCSc1ccc2nc(NC(=O)CCOC)sc2c1. The lowest BCUT2D eigenvalue weighted by Crippen LogP contribution is -2.13. The quantitative estimate of drug-likeness (QED) is 0.585. The Labute approximate surface area is 133 Å². The van der Waals surface area contributed by atoms with Gasteiger partial charge in [0.15, 0.2) is 5.13 Å². The second kappa shape index (κ2) is 8.36. The first-order chi connectivity index (χ1) is 10.2. The molecule has 0 unspecified atom stereocenters. The van der Waals surface area contributed by atoms with Gasteiger partial charge in [0.25, 0.3) is 0 Å².